The highest BCUT2D eigenvalue weighted by Crippen LogP contribution is 2.46. The van der Waals surface area contributed by atoms with Crippen LogP contribution in [-0.4, -0.2) is 25.1 Å². The molecular formula is C18H18N2O3S2. The Morgan fingerprint density at radius 1 is 1.20 bits per heavy atom. The van der Waals surface area contributed by atoms with Gasteiger partial charge in [-0.2, -0.15) is 0 Å². The van der Waals surface area contributed by atoms with E-state index in [1.54, 1.807) is 24.4 Å². The van der Waals surface area contributed by atoms with E-state index in [1.807, 2.05) is 29.6 Å². The van der Waals surface area contributed by atoms with Crippen molar-refractivity contribution in [3.05, 3.63) is 58.9 Å². The van der Waals surface area contributed by atoms with Gasteiger partial charge in [-0.15, -0.1) is 11.3 Å². The lowest BCUT2D eigenvalue weighted by Gasteiger charge is -2.27. The Morgan fingerprint density at radius 3 is 2.72 bits per heavy atom. The van der Waals surface area contributed by atoms with Crippen molar-refractivity contribution in [1.82, 2.24) is 9.71 Å². The van der Waals surface area contributed by atoms with Gasteiger partial charge in [0.25, 0.3) is 0 Å². The fourth-order valence-electron chi connectivity index (χ4n) is 3.09. The molecule has 1 aliphatic rings. The minimum absolute atomic E-state index is 0.0380. The van der Waals surface area contributed by atoms with E-state index < -0.39 is 15.6 Å². The SMILES string of the molecule is O=S(=O)(NCC(O)(c1cccs1)C1CC1)c1cccc2cccnc12. The Labute approximate surface area is 150 Å². The van der Waals surface area contributed by atoms with Crippen LogP contribution in [0.15, 0.2) is 58.9 Å². The van der Waals surface area contributed by atoms with Crippen molar-refractivity contribution in [2.24, 2.45) is 5.92 Å². The maximum Gasteiger partial charge on any atom is 0.242 e. The number of nitrogens with one attached hydrogen (secondary N) is 1. The van der Waals surface area contributed by atoms with Crippen molar-refractivity contribution in [2.75, 3.05) is 6.54 Å². The lowest BCUT2D eigenvalue weighted by Crippen LogP contribution is -2.42. The summed E-state index contributed by atoms with van der Waals surface area (Å²) in [5.41, 5.74) is -0.720. The number of rotatable bonds is 6. The highest BCUT2D eigenvalue weighted by Gasteiger charge is 2.46. The van der Waals surface area contributed by atoms with Gasteiger partial charge in [-0.25, -0.2) is 13.1 Å². The van der Waals surface area contributed by atoms with Crippen molar-refractivity contribution in [1.29, 1.82) is 0 Å². The van der Waals surface area contributed by atoms with Crippen LogP contribution in [-0.2, 0) is 15.6 Å². The van der Waals surface area contributed by atoms with E-state index >= 15 is 0 Å². The number of thiophene rings is 1. The van der Waals surface area contributed by atoms with Crippen molar-refractivity contribution in [2.45, 2.75) is 23.3 Å². The van der Waals surface area contributed by atoms with Crippen LogP contribution in [0, 0.1) is 5.92 Å². The quantitative estimate of drug-likeness (QED) is 0.695. The first-order valence-corrected chi connectivity index (χ1v) is 10.5. The van der Waals surface area contributed by atoms with Gasteiger partial charge in [-0.1, -0.05) is 24.3 Å². The summed E-state index contributed by atoms with van der Waals surface area (Å²) >= 11 is 1.45. The first kappa shape index (κ1) is 16.7. The molecule has 0 spiro atoms. The second kappa shape index (κ2) is 6.17. The third-order valence-corrected chi connectivity index (χ3v) is 7.09. The molecule has 2 heterocycles. The maximum atomic E-state index is 12.8. The van der Waals surface area contributed by atoms with Gasteiger partial charge >= 0.3 is 0 Å². The van der Waals surface area contributed by atoms with E-state index in [4.69, 9.17) is 0 Å². The normalized spacial score (nSPS) is 17.5. The zero-order chi connectivity index (χ0) is 17.5. The molecule has 1 fully saturated rings. The lowest BCUT2D eigenvalue weighted by atomic mass is 9.96. The number of para-hydroxylation sites is 1. The van der Waals surface area contributed by atoms with Crippen molar-refractivity contribution in [3.63, 3.8) is 0 Å². The average Bonchev–Trinajstić information content (AvgIpc) is 3.34. The number of sulfonamides is 1. The summed E-state index contributed by atoms with van der Waals surface area (Å²) in [4.78, 5) is 5.14. The molecule has 0 bridgehead atoms. The molecular weight excluding hydrogens is 356 g/mol. The third kappa shape index (κ3) is 3.08. The zero-order valence-electron chi connectivity index (χ0n) is 13.4. The maximum absolute atomic E-state index is 12.8. The molecule has 25 heavy (non-hydrogen) atoms. The highest BCUT2D eigenvalue weighted by atomic mass is 32.2. The fraction of sp³-hybridized carbons (Fsp3) is 0.278. The topological polar surface area (TPSA) is 79.3 Å². The minimum Gasteiger partial charge on any atom is -0.383 e. The second-order valence-electron chi connectivity index (χ2n) is 6.33. The molecule has 130 valence electrons. The highest BCUT2D eigenvalue weighted by molar-refractivity contribution is 7.89. The molecule has 0 amide bonds. The van der Waals surface area contributed by atoms with E-state index in [0.717, 1.165) is 23.1 Å². The first-order chi connectivity index (χ1) is 12.0. The molecule has 1 aliphatic carbocycles. The van der Waals surface area contributed by atoms with Gasteiger partial charge in [-0.3, -0.25) is 4.98 Å². The molecule has 1 aromatic carbocycles. The van der Waals surface area contributed by atoms with Gasteiger partial charge in [0, 0.05) is 23.0 Å². The Kier molecular flexibility index (Phi) is 4.11. The van der Waals surface area contributed by atoms with E-state index in [0.29, 0.717) is 5.52 Å². The second-order valence-corrected chi connectivity index (χ2v) is 9.01. The smallest absolute Gasteiger partial charge is 0.242 e. The first-order valence-electron chi connectivity index (χ1n) is 8.10. The van der Waals surface area contributed by atoms with Gasteiger partial charge in [-0.05, 0) is 42.3 Å². The van der Waals surface area contributed by atoms with Crippen LogP contribution in [0.2, 0.25) is 0 Å². The summed E-state index contributed by atoms with van der Waals surface area (Å²) in [6.07, 6.45) is 3.39. The predicted molar refractivity (Wildman–Crippen MR) is 97.9 cm³/mol. The monoisotopic (exact) mass is 374 g/mol. The van der Waals surface area contributed by atoms with Gasteiger partial charge in [0.2, 0.25) is 10.0 Å². The number of benzene rings is 1. The van der Waals surface area contributed by atoms with Crippen molar-refractivity contribution in [3.8, 4) is 0 Å². The molecule has 0 saturated heterocycles. The Bertz CT molecular complexity index is 993. The molecule has 1 saturated carbocycles. The summed E-state index contributed by atoms with van der Waals surface area (Å²) in [5.74, 6) is 0.0968. The summed E-state index contributed by atoms with van der Waals surface area (Å²) in [7, 11) is -3.78. The lowest BCUT2D eigenvalue weighted by molar-refractivity contribution is 0.0222. The number of hydrogen-bond donors (Lipinski definition) is 2. The Balaban J connectivity index is 1.65. The fourth-order valence-corrected chi connectivity index (χ4v) is 5.25. The molecule has 4 rings (SSSR count). The van der Waals surface area contributed by atoms with Crippen LogP contribution in [0.3, 0.4) is 0 Å². The number of pyridine rings is 1. The molecule has 2 N–H and O–H groups in total. The number of aromatic nitrogens is 1. The summed E-state index contributed by atoms with van der Waals surface area (Å²) in [6, 6.07) is 12.4. The van der Waals surface area contributed by atoms with Crippen LogP contribution in [0.4, 0.5) is 0 Å². The van der Waals surface area contributed by atoms with Crippen LogP contribution in [0.25, 0.3) is 10.9 Å². The molecule has 1 unspecified atom stereocenters. The van der Waals surface area contributed by atoms with Crippen molar-refractivity contribution >= 4 is 32.3 Å². The van der Waals surface area contributed by atoms with E-state index in [-0.39, 0.29) is 17.4 Å². The molecule has 2 aromatic heterocycles. The number of aliphatic hydroxyl groups is 1. The molecule has 0 radical (unpaired) electrons. The Morgan fingerprint density at radius 2 is 2.00 bits per heavy atom. The van der Waals surface area contributed by atoms with Crippen LogP contribution in [0.1, 0.15) is 17.7 Å². The molecule has 3 aromatic rings. The van der Waals surface area contributed by atoms with Crippen LogP contribution >= 0.6 is 11.3 Å². The standard InChI is InChI=1S/C18H18N2O3S2/c21-18(14-8-9-14,16-7-3-11-24-16)12-20-25(22,23)15-6-1-4-13-5-2-10-19-17(13)15/h1-7,10-11,14,20-21H,8-9,12H2. The Hall–Kier alpha value is -1.80. The van der Waals surface area contributed by atoms with E-state index in [1.165, 1.54) is 11.3 Å². The van der Waals surface area contributed by atoms with Gasteiger partial charge < -0.3 is 5.11 Å². The summed E-state index contributed by atoms with van der Waals surface area (Å²) in [6.45, 7) is -0.0380. The average molecular weight is 374 g/mol. The summed E-state index contributed by atoms with van der Waals surface area (Å²) < 4.78 is 28.3. The van der Waals surface area contributed by atoms with Crippen LogP contribution in [0.5, 0.6) is 0 Å². The van der Waals surface area contributed by atoms with E-state index in [2.05, 4.69) is 9.71 Å². The van der Waals surface area contributed by atoms with E-state index in [9.17, 15) is 13.5 Å². The zero-order valence-corrected chi connectivity index (χ0v) is 15.1. The minimum atomic E-state index is -3.78. The molecule has 0 aliphatic heterocycles. The van der Waals surface area contributed by atoms with Gasteiger partial charge in [0.05, 0.1) is 5.52 Å². The van der Waals surface area contributed by atoms with Crippen molar-refractivity contribution < 1.29 is 13.5 Å². The van der Waals surface area contributed by atoms with Crippen LogP contribution < -0.4 is 4.72 Å². The molecule has 5 nitrogen and oxygen atoms in total. The largest absolute Gasteiger partial charge is 0.383 e. The number of nitrogens with zero attached hydrogens (tertiary/aromatic N) is 1. The third-order valence-electron chi connectivity index (χ3n) is 4.62. The number of fused-ring (bicyclic) bond motifs is 1. The molecule has 1 atom stereocenters. The summed E-state index contributed by atoms with van der Waals surface area (Å²) in [5, 5.41) is 13.8. The number of hydrogen-bond acceptors (Lipinski definition) is 5. The molecule has 7 heteroatoms. The predicted octanol–water partition coefficient (Wildman–Crippen LogP) is 2.87. The van der Waals surface area contributed by atoms with Gasteiger partial charge in [0.15, 0.2) is 0 Å². The van der Waals surface area contributed by atoms with Gasteiger partial charge in [0.1, 0.15) is 10.5 Å².